The van der Waals surface area contributed by atoms with E-state index in [4.69, 9.17) is 0 Å². The molecule has 0 fully saturated rings. The first-order valence-electron chi connectivity index (χ1n) is 5.53. The highest BCUT2D eigenvalue weighted by atomic mass is 79.9. The number of amides is 1. The van der Waals surface area contributed by atoms with Crippen LogP contribution in [0, 0.1) is 10.1 Å². The van der Waals surface area contributed by atoms with Crippen LogP contribution in [0.5, 0.6) is 0 Å². The van der Waals surface area contributed by atoms with Gasteiger partial charge in [-0.05, 0) is 28.1 Å². The highest BCUT2D eigenvalue weighted by Crippen LogP contribution is 2.37. The number of non-ortho nitro benzene ring substituents is 1. The number of benzene rings is 2. The maximum atomic E-state index is 11.5. The predicted octanol–water partition coefficient (Wildman–Crippen LogP) is 3.49. The van der Waals surface area contributed by atoms with E-state index in [1.165, 1.54) is 17.9 Å². The molecule has 1 amide bonds. The smallest absolute Gasteiger partial charge is 0.277 e. The van der Waals surface area contributed by atoms with Gasteiger partial charge in [0.2, 0.25) is 5.91 Å². The summed E-state index contributed by atoms with van der Waals surface area (Å²) in [6.07, 6.45) is 0. The van der Waals surface area contributed by atoms with Crippen LogP contribution in [0.15, 0.2) is 34.8 Å². The van der Waals surface area contributed by atoms with Crippen molar-refractivity contribution in [1.29, 1.82) is 0 Å². The van der Waals surface area contributed by atoms with Gasteiger partial charge in [0.05, 0.1) is 16.0 Å². The van der Waals surface area contributed by atoms with E-state index in [0.717, 1.165) is 4.47 Å². The number of carbonyl (C=O) groups is 1. The second kappa shape index (κ2) is 4.97. The number of anilines is 1. The summed E-state index contributed by atoms with van der Waals surface area (Å²) in [5, 5.41) is 12.2. The Kier molecular flexibility index (Phi) is 3.53. The van der Waals surface area contributed by atoms with Crippen LogP contribution in [0.1, 0.15) is 6.92 Å². The third-order valence-corrected chi connectivity index (χ3v) is 3.61. The molecule has 0 aromatic heterocycles. The largest absolute Gasteiger partial charge is 0.314 e. The summed E-state index contributed by atoms with van der Waals surface area (Å²) in [6, 6.07) is 8.22. The summed E-state index contributed by atoms with van der Waals surface area (Å²) >= 11 is 3.38. The molecule has 0 saturated carbocycles. The van der Waals surface area contributed by atoms with Gasteiger partial charge in [0.1, 0.15) is 0 Å². The van der Waals surface area contributed by atoms with Crippen LogP contribution in [0.25, 0.3) is 10.8 Å². The molecule has 6 heteroatoms. The van der Waals surface area contributed by atoms with Crippen LogP contribution >= 0.6 is 15.9 Å². The number of rotatable bonds is 2. The van der Waals surface area contributed by atoms with Crippen molar-refractivity contribution in [3.8, 4) is 0 Å². The standard InChI is InChI=1S/C13H11BrN2O3/c1-8(17)15(2)13-10-4-3-5-12(16(18)19)9(10)6-7-11(13)14/h3-7H,1-2H3. The van der Waals surface area contributed by atoms with Crippen LogP contribution in [-0.4, -0.2) is 17.9 Å². The number of hydrogen-bond acceptors (Lipinski definition) is 3. The van der Waals surface area contributed by atoms with Gasteiger partial charge in [0.15, 0.2) is 0 Å². The van der Waals surface area contributed by atoms with Crippen molar-refractivity contribution >= 4 is 44.0 Å². The van der Waals surface area contributed by atoms with Gasteiger partial charge >= 0.3 is 0 Å². The number of nitro groups is 1. The average Bonchev–Trinajstić information content (AvgIpc) is 2.36. The molecule has 0 N–H and O–H groups in total. The zero-order chi connectivity index (χ0) is 14.2. The van der Waals surface area contributed by atoms with Gasteiger partial charge in [-0.3, -0.25) is 14.9 Å². The van der Waals surface area contributed by atoms with Gasteiger partial charge in [-0.1, -0.05) is 12.1 Å². The monoisotopic (exact) mass is 322 g/mol. The van der Waals surface area contributed by atoms with Crippen LogP contribution < -0.4 is 4.90 Å². The Morgan fingerprint density at radius 2 is 1.95 bits per heavy atom. The first-order chi connectivity index (χ1) is 8.93. The molecule has 2 aromatic carbocycles. The molecule has 0 atom stereocenters. The quantitative estimate of drug-likeness (QED) is 0.628. The van der Waals surface area contributed by atoms with Crippen molar-refractivity contribution < 1.29 is 9.72 Å². The highest BCUT2D eigenvalue weighted by Gasteiger charge is 2.18. The summed E-state index contributed by atoms with van der Waals surface area (Å²) < 4.78 is 0.721. The lowest BCUT2D eigenvalue weighted by atomic mass is 10.1. The second-order valence-corrected chi connectivity index (χ2v) is 4.96. The van der Waals surface area contributed by atoms with Gasteiger partial charge in [-0.15, -0.1) is 0 Å². The molecule has 2 aromatic rings. The summed E-state index contributed by atoms with van der Waals surface area (Å²) in [6.45, 7) is 1.45. The Labute approximate surface area is 118 Å². The van der Waals surface area contributed by atoms with Crippen molar-refractivity contribution in [3.63, 3.8) is 0 Å². The Morgan fingerprint density at radius 3 is 2.53 bits per heavy atom. The summed E-state index contributed by atoms with van der Waals surface area (Å²) in [4.78, 5) is 23.6. The van der Waals surface area contributed by atoms with Gasteiger partial charge < -0.3 is 4.90 Å². The predicted molar refractivity (Wildman–Crippen MR) is 77.4 cm³/mol. The van der Waals surface area contributed by atoms with Gasteiger partial charge in [0.25, 0.3) is 5.69 Å². The molecule has 0 bridgehead atoms. The Balaban J connectivity index is 2.84. The van der Waals surface area contributed by atoms with Crippen molar-refractivity contribution in [2.75, 3.05) is 11.9 Å². The van der Waals surface area contributed by atoms with Crippen LogP contribution in [-0.2, 0) is 4.79 Å². The first-order valence-corrected chi connectivity index (χ1v) is 6.32. The number of nitro benzene ring substituents is 1. The number of halogens is 1. The lowest BCUT2D eigenvalue weighted by Crippen LogP contribution is -2.23. The van der Waals surface area contributed by atoms with Crippen molar-refractivity contribution in [2.24, 2.45) is 0 Å². The molecular formula is C13H11BrN2O3. The number of fused-ring (bicyclic) bond motifs is 1. The lowest BCUT2D eigenvalue weighted by molar-refractivity contribution is -0.383. The molecule has 98 valence electrons. The average molecular weight is 323 g/mol. The molecule has 0 aliphatic rings. The molecule has 0 spiro atoms. The van der Waals surface area contributed by atoms with Gasteiger partial charge in [-0.25, -0.2) is 0 Å². The summed E-state index contributed by atoms with van der Waals surface area (Å²) in [7, 11) is 1.64. The zero-order valence-corrected chi connectivity index (χ0v) is 12.0. The Bertz CT molecular complexity index is 685. The van der Waals surface area contributed by atoms with Crippen LogP contribution in [0.2, 0.25) is 0 Å². The summed E-state index contributed by atoms with van der Waals surface area (Å²) in [5.74, 6) is -0.139. The molecule has 0 radical (unpaired) electrons. The van der Waals surface area contributed by atoms with E-state index in [2.05, 4.69) is 15.9 Å². The highest BCUT2D eigenvalue weighted by molar-refractivity contribution is 9.10. The van der Waals surface area contributed by atoms with E-state index >= 15 is 0 Å². The third kappa shape index (κ3) is 2.31. The van der Waals surface area contributed by atoms with Crippen molar-refractivity contribution in [2.45, 2.75) is 6.92 Å². The number of nitrogens with zero attached hydrogens (tertiary/aromatic N) is 2. The molecule has 0 aliphatic carbocycles. The van der Waals surface area contributed by atoms with Crippen LogP contribution in [0.3, 0.4) is 0 Å². The minimum Gasteiger partial charge on any atom is -0.314 e. The van der Waals surface area contributed by atoms with Crippen LogP contribution in [0.4, 0.5) is 11.4 Å². The molecule has 19 heavy (non-hydrogen) atoms. The first kappa shape index (κ1) is 13.5. The molecule has 0 saturated heterocycles. The van der Waals surface area contributed by atoms with E-state index in [1.807, 2.05) is 0 Å². The molecule has 0 heterocycles. The fourth-order valence-corrected chi connectivity index (χ4v) is 2.57. The van der Waals surface area contributed by atoms with Crippen molar-refractivity contribution in [3.05, 3.63) is 44.9 Å². The third-order valence-electron chi connectivity index (χ3n) is 2.97. The van der Waals surface area contributed by atoms with E-state index < -0.39 is 4.92 Å². The minimum absolute atomic E-state index is 0.0307. The molecule has 5 nitrogen and oxygen atoms in total. The number of hydrogen-bond donors (Lipinski definition) is 0. The topological polar surface area (TPSA) is 63.5 Å². The Hall–Kier alpha value is -1.95. The van der Waals surface area contributed by atoms with Crippen molar-refractivity contribution in [1.82, 2.24) is 0 Å². The normalized spacial score (nSPS) is 10.5. The fraction of sp³-hybridized carbons (Fsp3) is 0.154. The van der Waals surface area contributed by atoms with E-state index in [9.17, 15) is 14.9 Å². The molecular weight excluding hydrogens is 312 g/mol. The molecule has 0 unspecified atom stereocenters. The maximum absolute atomic E-state index is 11.5. The maximum Gasteiger partial charge on any atom is 0.277 e. The molecule has 2 rings (SSSR count). The number of carbonyl (C=O) groups excluding carboxylic acids is 1. The lowest BCUT2D eigenvalue weighted by Gasteiger charge is -2.19. The second-order valence-electron chi connectivity index (χ2n) is 4.10. The molecule has 0 aliphatic heterocycles. The zero-order valence-electron chi connectivity index (χ0n) is 10.4. The van der Waals surface area contributed by atoms with E-state index in [-0.39, 0.29) is 11.6 Å². The minimum atomic E-state index is -0.423. The van der Waals surface area contributed by atoms with Gasteiger partial charge in [-0.2, -0.15) is 0 Å². The summed E-state index contributed by atoms with van der Waals surface area (Å²) in [5.41, 5.74) is 0.664. The SMILES string of the molecule is CC(=O)N(C)c1c(Br)ccc2c([N+](=O)[O-])cccc12. The Morgan fingerprint density at radius 1 is 1.26 bits per heavy atom. The van der Waals surface area contributed by atoms with E-state index in [1.54, 1.807) is 31.3 Å². The fourth-order valence-electron chi connectivity index (χ4n) is 1.96. The van der Waals surface area contributed by atoms with Gasteiger partial charge in [0, 0.05) is 29.9 Å². The van der Waals surface area contributed by atoms with E-state index in [0.29, 0.717) is 16.5 Å².